The topological polar surface area (TPSA) is 12.0 Å². The summed E-state index contributed by atoms with van der Waals surface area (Å²) in [5, 5.41) is 5.61. The maximum absolute atomic E-state index is 3.42. The molecule has 0 aliphatic heterocycles. The van der Waals surface area contributed by atoms with Crippen LogP contribution in [-0.4, -0.2) is 13.1 Å². The Morgan fingerprint density at radius 2 is 2.23 bits per heavy atom. The lowest BCUT2D eigenvalue weighted by Gasteiger charge is -2.02. The fourth-order valence-corrected chi connectivity index (χ4v) is 2.13. The predicted molar refractivity (Wildman–Crippen MR) is 60.5 cm³/mol. The molecule has 0 saturated heterocycles. The van der Waals surface area contributed by atoms with Crippen LogP contribution in [0.2, 0.25) is 0 Å². The van der Waals surface area contributed by atoms with Gasteiger partial charge in [0, 0.05) is 4.88 Å². The van der Waals surface area contributed by atoms with Gasteiger partial charge in [-0.25, -0.2) is 0 Å². The molecule has 1 N–H and O–H groups in total. The first-order valence-electron chi connectivity index (χ1n) is 5.08. The van der Waals surface area contributed by atoms with Crippen LogP contribution >= 0.6 is 11.3 Å². The Morgan fingerprint density at radius 1 is 1.38 bits per heavy atom. The maximum atomic E-state index is 3.42. The molecule has 2 heteroatoms. The zero-order valence-corrected chi connectivity index (χ0v) is 9.41. The van der Waals surface area contributed by atoms with E-state index < -0.39 is 0 Å². The molecular weight excluding hydrogens is 178 g/mol. The predicted octanol–water partition coefficient (Wildman–Crippen LogP) is 2.99. The highest BCUT2D eigenvalue weighted by Gasteiger charge is 1.97. The first-order chi connectivity index (χ1) is 6.34. The lowest BCUT2D eigenvalue weighted by molar-refractivity contribution is 0.640. The average molecular weight is 197 g/mol. The van der Waals surface area contributed by atoms with Crippen LogP contribution in [-0.2, 0) is 6.42 Å². The van der Waals surface area contributed by atoms with Crippen LogP contribution in [0.1, 0.15) is 30.2 Å². The standard InChI is InChI=1S/C11H19NS/c1-3-7-12-8-4-5-11-6-9-13-10(11)2/h6,9,12H,3-5,7-8H2,1-2H3. The summed E-state index contributed by atoms with van der Waals surface area (Å²) in [6, 6.07) is 2.25. The summed E-state index contributed by atoms with van der Waals surface area (Å²) in [5.41, 5.74) is 1.53. The van der Waals surface area contributed by atoms with Crippen molar-refractivity contribution in [1.82, 2.24) is 5.32 Å². The van der Waals surface area contributed by atoms with Gasteiger partial charge in [0.2, 0.25) is 0 Å². The van der Waals surface area contributed by atoms with Gasteiger partial charge < -0.3 is 5.32 Å². The van der Waals surface area contributed by atoms with Gasteiger partial charge in [-0.1, -0.05) is 6.92 Å². The average Bonchev–Trinajstić information content (AvgIpc) is 2.52. The molecule has 0 aliphatic carbocycles. The van der Waals surface area contributed by atoms with Gasteiger partial charge in [-0.05, 0) is 56.3 Å². The SMILES string of the molecule is CCCNCCCc1ccsc1C. The van der Waals surface area contributed by atoms with Crippen molar-refractivity contribution in [3.63, 3.8) is 0 Å². The minimum atomic E-state index is 1.16. The molecule has 13 heavy (non-hydrogen) atoms. The van der Waals surface area contributed by atoms with Crippen LogP contribution in [0.15, 0.2) is 11.4 Å². The van der Waals surface area contributed by atoms with E-state index in [9.17, 15) is 0 Å². The first kappa shape index (κ1) is 10.7. The van der Waals surface area contributed by atoms with Crippen molar-refractivity contribution in [2.45, 2.75) is 33.1 Å². The molecule has 1 rings (SSSR count). The van der Waals surface area contributed by atoms with Gasteiger partial charge in [-0.15, -0.1) is 11.3 Å². The smallest absolute Gasteiger partial charge is 0.00461 e. The molecule has 0 unspecified atom stereocenters. The summed E-state index contributed by atoms with van der Waals surface area (Å²) in [7, 11) is 0. The quantitative estimate of drug-likeness (QED) is 0.691. The maximum Gasteiger partial charge on any atom is 0.00461 e. The van der Waals surface area contributed by atoms with Gasteiger partial charge in [0.25, 0.3) is 0 Å². The third kappa shape index (κ3) is 3.92. The van der Waals surface area contributed by atoms with E-state index in [2.05, 4.69) is 30.6 Å². The second-order valence-corrected chi connectivity index (χ2v) is 4.48. The summed E-state index contributed by atoms with van der Waals surface area (Å²) in [4.78, 5) is 1.48. The monoisotopic (exact) mass is 197 g/mol. The van der Waals surface area contributed by atoms with E-state index in [-0.39, 0.29) is 0 Å². The summed E-state index contributed by atoms with van der Waals surface area (Å²) >= 11 is 1.85. The normalized spacial score (nSPS) is 10.6. The Morgan fingerprint density at radius 3 is 2.85 bits per heavy atom. The number of hydrogen-bond acceptors (Lipinski definition) is 2. The van der Waals surface area contributed by atoms with Crippen LogP contribution < -0.4 is 5.32 Å². The zero-order chi connectivity index (χ0) is 9.52. The Hall–Kier alpha value is -0.340. The van der Waals surface area contributed by atoms with Gasteiger partial charge in [-0.3, -0.25) is 0 Å². The molecule has 1 nitrogen and oxygen atoms in total. The van der Waals surface area contributed by atoms with Gasteiger partial charge in [0.15, 0.2) is 0 Å². The molecule has 0 bridgehead atoms. The lowest BCUT2D eigenvalue weighted by Crippen LogP contribution is -2.16. The lowest BCUT2D eigenvalue weighted by atomic mass is 10.1. The number of rotatable bonds is 6. The molecule has 0 spiro atoms. The Balaban J connectivity index is 2.10. The Bertz CT molecular complexity index is 230. The number of nitrogens with one attached hydrogen (secondary N) is 1. The van der Waals surface area contributed by atoms with E-state index in [0.717, 1.165) is 13.1 Å². The van der Waals surface area contributed by atoms with E-state index in [0.29, 0.717) is 0 Å². The van der Waals surface area contributed by atoms with Crippen molar-refractivity contribution >= 4 is 11.3 Å². The highest BCUT2D eigenvalue weighted by Crippen LogP contribution is 2.16. The summed E-state index contributed by atoms with van der Waals surface area (Å²) in [6.07, 6.45) is 3.72. The second kappa shape index (κ2) is 6.17. The van der Waals surface area contributed by atoms with Gasteiger partial charge >= 0.3 is 0 Å². The molecule has 1 heterocycles. The second-order valence-electron chi connectivity index (χ2n) is 3.36. The van der Waals surface area contributed by atoms with Crippen LogP contribution in [0.3, 0.4) is 0 Å². The Kier molecular flexibility index (Phi) is 5.09. The molecule has 1 aromatic heterocycles. The molecule has 74 valence electrons. The van der Waals surface area contributed by atoms with Crippen LogP contribution in [0.5, 0.6) is 0 Å². The number of hydrogen-bond donors (Lipinski definition) is 1. The summed E-state index contributed by atoms with van der Waals surface area (Å²) in [5.74, 6) is 0. The zero-order valence-electron chi connectivity index (χ0n) is 8.60. The third-order valence-electron chi connectivity index (χ3n) is 2.19. The molecule has 1 aromatic rings. The van der Waals surface area contributed by atoms with Crippen LogP contribution in [0, 0.1) is 6.92 Å². The van der Waals surface area contributed by atoms with Crippen molar-refractivity contribution in [2.75, 3.05) is 13.1 Å². The molecule has 0 aliphatic rings. The van der Waals surface area contributed by atoms with Crippen molar-refractivity contribution in [3.8, 4) is 0 Å². The van der Waals surface area contributed by atoms with Crippen molar-refractivity contribution in [3.05, 3.63) is 21.9 Å². The van der Waals surface area contributed by atoms with E-state index in [1.807, 2.05) is 11.3 Å². The fraction of sp³-hybridized carbons (Fsp3) is 0.636. The van der Waals surface area contributed by atoms with E-state index in [1.165, 1.54) is 29.7 Å². The largest absolute Gasteiger partial charge is 0.317 e. The van der Waals surface area contributed by atoms with E-state index in [1.54, 1.807) is 0 Å². The van der Waals surface area contributed by atoms with E-state index >= 15 is 0 Å². The number of aryl methyl sites for hydroxylation is 2. The third-order valence-corrected chi connectivity index (χ3v) is 3.08. The van der Waals surface area contributed by atoms with Crippen molar-refractivity contribution in [2.24, 2.45) is 0 Å². The molecule has 0 aromatic carbocycles. The minimum absolute atomic E-state index is 1.16. The molecule has 0 atom stereocenters. The molecule has 0 radical (unpaired) electrons. The number of thiophene rings is 1. The fourth-order valence-electron chi connectivity index (χ4n) is 1.38. The van der Waals surface area contributed by atoms with Crippen molar-refractivity contribution < 1.29 is 0 Å². The molecular formula is C11H19NS. The van der Waals surface area contributed by atoms with Gasteiger partial charge in [0.05, 0.1) is 0 Å². The highest BCUT2D eigenvalue weighted by molar-refractivity contribution is 7.10. The summed E-state index contributed by atoms with van der Waals surface area (Å²) in [6.45, 7) is 6.72. The highest BCUT2D eigenvalue weighted by atomic mass is 32.1. The summed E-state index contributed by atoms with van der Waals surface area (Å²) < 4.78 is 0. The van der Waals surface area contributed by atoms with E-state index in [4.69, 9.17) is 0 Å². The van der Waals surface area contributed by atoms with Gasteiger partial charge in [-0.2, -0.15) is 0 Å². The van der Waals surface area contributed by atoms with Gasteiger partial charge in [0.1, 0.15) is 0 Å². The molecule has 0 fully saturated rings. The Labute approximate surface area is 85.2 Å². The molecule has 0 saturated carbocycles. The first-order valence-corrected chi connectivity index (χ1v) is 5.96. The van der Waals surface area contributed by atoms with Crippen molar-refractivity contribution in [1.29, 1.82) is 0 Å². The minimum Gasteiger partial charge on any atom is -0.317 e. The van der Waals surface area contributed by atoms with Crippen LogP contribution in [0.4, 0.5) is 0 Å². The molecule has 0 amide bonds. The van der Waals surface area contributed by atoms with Crippen LogP contribution in [0.25, 0.3) is 0 Å².